The van der Waals surface area contributed by atoms with Crippen molar-refractivity contribution in [1.82, 2.24) is 14.6 Å². The van der Waals surface area contributed by atoms with Gasteiger partial charge in [-0.25, -0.2) is 18.1 Å². The summed E-state index contributed by atoms with van der Waals surface area (Å²) in [4.78, 5) is 5.73. The number of sulfonamides is 1. The lowest BCUT2D eigenvalue weighted by Crippen LogP contribution is -2.39. The van der Waals surface area contributed by atoms with Crippen LogP contribution in [0, 0.1) is 0 Å². The summed E-state index contributed by atoms with van der Waals surface area (Å²) in [6, 6.07) is 2.72. The molecule has 0 saturated carbocycles. The first kappa shape index (κ1) is 15.0. The smallest absolute Gasteiger partial charge is 0.258 e. The number of hydrogen-bond donors (Lipinski definition) is 2. The first-order valence-corrected chi connectivity index (χ1v) is 7.06. The molecule has 2 N–H and O–H groups in total. The van der Waals surface area contributed by atoms with Gasteiger partial charge in [0.25, 0.3) is 10.0 Å². The maximum Gasteiger partial charge on any atom is 0.258 e. The van der Waals surface area contributed by atoms with Gasteiger partial charge in [-0.15, -0.1) is 0 Å². The summed E-state index contributed by atoms with van der Waals surface area (Å²) in [5, 5.41) is 8.83. The van der Waals surface area contributed by atoms with Gasteiger partial charge < -0.3 is 10.0 Å². The fourth-order valence-corrected chi connectivity index (χ4v) is 2.74. The minimum atomic E-state index is -3.60. The molecule has 18 heavy (non-hydrogen) atoms. The highest BCUT2D eigenvalue weighted by Crippen LogP contribution is 2.07. The summed E-state index contributed by atoms with van der Waals surface area (Å²) in [5.74, 6) is 0. The quantitative estimate of drug-likeness (QED) is 0.750. The monoisotopic (exact) mass is 273 g/mol. The molecule has 0 aliphatic carbocycles. The van der Waals surface area contributed by atoms with E-state index in [1.54, 1.807) is 6.92 Å². The van der Waals surface area contributed by atoms with E-state index < -0.39 is 10.0 Å². The molecule has 1 rings (SSSR count). The molecule has 0 amide bonds. The van der Waals surface area contributed by atoms with E-state index in [1.807, 2.05) is 19.0 Å². The molecule has 0 radical (unpaired) electrons. The van der Waals surface area contributed by atoms with Gasteiger partial charge in [0.2, 0.25) is 0 Å². The Kier molecular flexibility index (Phi) is 5.21. The predicted octanol–water partition coefficient (Wildman–Crippen LogP) is -0.198. The highest BCUT2D eigenvalue weighted by atomic mass is 32.2. The average Bonchev–Trinajstić information content (AvgIpc) is 2.27. The SMILES string of the molecule is CC(CN(C)C)NS(=O)(=O)c1ccc(CO)cn1. The lowest BCUT2D eigenvalue weighted by molar-refractivity contribution is 0.281. The van der Waals surface area contributed by atoms with Crippen molar-refractivity contribution in [2.45, 2.75) is 24.6 Å². The second kappa shape index (κ2) is 6.24. The van der Waals surface area contributed by atoms with Crippen molar-refractivity contribution in [1.29, 1.82) is 0 Å². The van der Waals surface area contributed by atoms with Crippen LogP contribution in [0.4, 0.5) is 0 Å². The number of aliphatic hydroxyl groups excluding tert-OH is 1. The van der Waals surface area contributed by atoms with Gasteiger partial charge in [0.1, 0.15) is 0 Å². The van der Waals surface area contributed by atoms with Crippen molar-refractivity contribution in [3.63, 3.8) is 0 Å². The molecular weight excluding hydrogens is 254 g/mol. The number of nitrogens with one attached hydrogen (secondary N) is 1. The highest BCUT2D eigenvalue weighted by molar-refractivity contribution is 7.89. The zero-order valence-corrected chi connectivity index (χ0v) is 11.6. The third-order valence-electron chi connectivity index (χ3n) is 2.25. The zero-order chi connectivity index (χ0) is 13.8. The average molecular weight is 273 g/mol. The van der Waals surface area contributed by atoms with E-state index in [1.165, 1.54) is 18.3 Å². The van der Waals surface area contributed by atoms with Crippen LogP contribution in [0.1, 0.15) is 12.5 Å². The predicted molar refractivity (Wildman–Crippen MR) is 68.5 cm³/mol. The fourth-order valence-electron chi connectivity index (χ4n) is 1.57. The van der Waals surface area contributed by atoms with Crippen molar-refractivity contribution in [2.75, 3.05) is 20.6 Å². The van der Waals surface area contributed by atoms with Crippen LogP contribution < -0.4 is 4.72 Å². The number of aromatic nitrogens is 1. The normalized spacial score (nSPS) is 13.8. The molecule has 0 fully saturated rings. The van der Waals surface area contributed by atoms with Gasteiger partial charge in [-0.1, -0.05) is 6.07 Å². The highest BCUT2D eigenvalue weighted by Gasteiger charge is 2.18. The standard InChI is InChI=1S/C11H19N3O3S/c1-9(7-14(2)3)13-18(16,17)11-5-4-10(8-15)6-12-11/h4-6,9,13,15H,7-8H2,1-3H3. The zero-order valence-electron chi connectivity index (χ0n) is 10.8. The van der Waals surface area contributed by atoms with Crippen LogP contribution in [0.5, 0.6) is 0 Å². The minimum Gasteiger partial charge on any atom is -0.392 e. The van der Waals surface area contributed by atoms with Crippen molar-refractivity contribution >= 4 is 10.0 Å². The lowest BCUT2D eigenvalue weighted by atomic mass is 10.3. The molecule has 1 unspecified atom stereocenters. The molecule has 1 aromatic heterocycles. The van der Waals surface area contributed by atoms with Gasteiger partial charge in [0.15, 0.2) is 5.03 Å². The van der Waals surface area contributed by atoms with Crippen molar-refractivity contribution in [3.05, 3.63) is 23.9 Å². The van der Waals surface area contributed by atoms with Gasteiger partial charge >= 0.3 is 0 Å². The molecule has 0 aliphatic rings. The topological polar surface area (TPSA) is 82.5 Å². The van der Waals surface area contributed by atoms with Crippen molar-refractivity contribution < 1.29 is 13.5 Å². The maximum atomic E-state index is 12.0. The molecule has 7 heteroatoms. The van der Waals surface area contributed by atoms with E-state index in [0.29, 0.717) is 12.1 Å². The first-order valence-electron chi connectivity index (χ1n) is 5.58. The fraction of sp³-hybridized carbons (Fsp3) is 0.545. The van der Waals surface area contributed by atoms with Gasteiger partial charge in [0.05, 0.1) is 6.61 Å². The summed E-state index contributed by atoms with van der Waals surface area (Å²) >= 11 is 0. The molecular formula is C11H19N3O3S. The number of likely N-dealkylation sites (N-methyl/N-ethyl adjacent to an activating group) is 1. The first-order chi connectivity index (χ1) is 8.35. The number of hydrogen-bond acceptors (Lipinski definition) is 5. The second-order valence-corrected chi connectivity index (χ2v) is 6.11. The van der Waals surface area contributed by atoms with Crippen LogP contribution in [-0.2, 0) is 16.6 Å². The largest absolute Gasteiger partial charge is 0.392 e. The number of nitrogens with zero attached hydrogens (tertiary/aromatic N) is 2. The number of aliphatic hydroxyl groups is 1. The second-order valence-electron chi connectivity index (χ2n) is 4.45. The third kappa shape index (κ3) is 4.34. The molecule has 102 valence electrons. The van der Waals surface area contributed by atoms with Crippen LogP contribution in [0.2, 0.25) is 0 Å². The Hall–Kier alpha value is -1.02. The Morgan fingerprint density at radius 1 is 1.44 bits per heavy atom. The molecule has 6 nitrogen and oxygen atoms in total. The van der Waals surface area contributed by atoms with Gasteiger partial charge in [0, 0.05) is 18.8 Å². The van der Waals surface area contributed by atoms with Crippen LogP contribution in [0.15, 0.2) is 23.4 Å². The third-order valence-corrected chi connectivity index (χ3v) is 3.76. The summed E-state index contributed by atoms with van der Waals surface area (Å²) in [7, 11) is 0.149. The summed E-state index contributed by atoms with van der Waals surface area (Å²) < 4.78 is 26.5. The van der Waals surface area contributed by atoms with Gasteiger partial charge in [-0.2, -0.15) is 0 Å². The Bertz CT molecular complexity index is 471. The minimum absolute atomic E-state index is 0.0368. The molecule has 0 aliphatic heterocycles. The molecule has 0 bridgehead atoms. The molecule has 0 spiro atoms. The van der Waals surface area contributed by atoms with Crippen LogP contribution in [0.3, 0.4) is 0 Å². The van der Waals surface area contributed by atoms with E-state index in [0.717, 1.165) is 0 Å². The molecule has 1 heterocycles. The molecule has 1 aromatic rings. The van der Waals surface area contributed by atoms with E-state index in [2.05, 4.69) is 9.71 Å². The Morgan fingerprint density at radius 2 is 2.11 bits per heavy atom. The van der Waals surface area contributed by atoms with Gasteiger partial charge in [-0.3, -0.25) is 0 Å². The summed E-state index contributed by atoms with van der Waals surface area (Å²) in [6.45, 7) is 2.24. The van der Waals surface area contributed by atoms with E-state index >= 15 is 0 Å². The maximum absolute atomic E-state index is 12.0. The van der Waals surface area contributed by atoms with E-state index in [4.69, 9.17) is 5.11 Å². The van der Waals surface area contributed by atoms with Gasteiger partial charge in [-0.05, 0) is 32.6 Å². The molecule has 1 atom stereocenters. The summed E-state index contributed by atoms with van der Waals surface area (Å²) in [5.41, 5.74) is 0.579. The van der Waals surface area contributed by atoms with E-state index in [9.17, 15) is 8.42 Å². The number of pyridine rings is 1. The van der Waals surface area contributed by atoms with Crippen LogP contribution in [0.25, 0.3) is 0 Å². The lowest BCUT2D eigenvalue weighted by Gasteiger charge is -2.18. The Balaban J connectivity index is 2.79. The van der Waals surface area contributed by atoms with E-state index in [-0.39, 0.29) is 17.7 Å². The van der Waals surface area contributed by atoms with Crippen molar-refractivity contribution in [2.24, 2.45) is 0 Å². The summed E-state index contributed by atoms with van der Waals surface area (Å²) in [6.07, 6.45) is 1.35. The van der Waals surface area contributed by atoms with Crippen molar-refractivity contribution in [3.8, 4) is 0 Å². The molecule has 0 aromatic carbocycles. The number of rotatable bonds is 6. The molecule has 0 saturated heterocycles. The van der Waals surface area contributed by atoms with Crippen LogP contribution >= 0.6 is 0 Å². The van der Waals surface area contributed by atoms with Crippen LogP contribution in [-0.4, -0.2) is 50.1 Å². The Labute approximate surface area is 108 Å². The Morgan fingerprint density at radius 3 is 2.56 bits per heavy atom.